The summed E-state index contributed by atoms with van der Waals surface area (Å²) in [5.41, 5.74) is 12.2. The van der Waals surface area contributed by atoms with E-state index < -0.39 is 13.3 Å². The average Bonchev–Trinajstić information content (AvgIpc) is 3.91. The van der Waals surface area contributed by atoms with Gasteiger partial charge in [0.15, 0.2) is 0 Å². The predicted octanol–water partition coefficient (Wildman–Crippen LogP) is 15.7. The zero-order valence-electron chi connectivity index (χ0n) is 37.5. The van der Waals surface area contributed by atoms with Gasteiger partial charge in [-0.3, -0.25) is 4.98 Å². The van der Waals surface area contributed by atoms with Gasteiger partial charge < -0.3 is 4.57 Å². The second-order valence-corrected chi connectivity index (χ2v) is 30.2. The van der Waals surface area contributed by atoms with Crippen LogP contribution in [0.1, 0.15) is 26.3 Å². The number of imidazole rings is 1. The number of benzene rings is 8. The summed E-state index contributed by atoms with van der Waals surface area (Å²) < 4.78 is 6.34. The Morgan fingerprint density at radius 1 is 0.600 bits per heavy atom. The largest absolute Gasteiger partial charge is 0 e. The molecule has 0 atom stereocenters. The van der Waals surface area contributed by atoms with Crippen LogP contribution in [0.4, 0.5) is 0 Å². The molecule has 1 radical (unpaired) electrons. The maximum absolute atomic E-state index is 5.59. The van der Waals surface area contributed by atoms with Crippen LogP contribution in [0, 0.1) is 12.1 Å². The summed E-state index contributed by atoms with van der Waals surface area (Å²) in [5.74, 6) is 8.04. The first kappa shape index (κ1) is 44.3. The number of rotatable bonds is 6. The molecule has 65 heavy (non-hydrogen) atoms. The number of nitrogens with zero attached hydrogens (tertiary/aromatic N) is 3. The van der Waals surface area contributed by atoms with Crippen molar-refractivity contribution in [2.75, 3.05) is 0 Å². The average molecular weight is 1100 g/mol. The summed E-state index contributed by atoms with van der Waals surface area (Å²) >= 11 is 0.107. The molecule has 3 nitrogen and oxygen atoms in total. The minimum Gasteiger partial charge on any atom is 0 e. The van der Waals surface area contributed by atoms with E-state index in [0.717, 1.165) is 44.8 Å². The smallest absolute Gasteiger partial charge is 0 e. The van der Waals surface area contributed by atoms with Gasteiger partial charge in [-0.1, -0.05) is 141 Å². The number of hydrogen-bond donors (Lipinski definition) is 0. The number of pyridine rings is 1. The SMILES string of the molecule is CC(C)(C)c1cc(-c2ccccc2)c(-n2c(-c3[c-]ccc4c3sc3ccccc34)nc3c4ccccc4ccc32)c(-c2ccccc2)c1.[CH3][Ge]([CH3])([CH3])[c]1ccc(-c2[c-]cccc2)nc1.[Ir]. The summed E-state index contributed by atoms with van der Waals surface area (Å²) in [4.78, 5) is 10.1. The van der Waals surface area contributed by atoms with Crippen molar-refractivity contribution in [3.8, 4) is 50.6 Å². The monoisotopic (exact) mass is 1100 g/mol. The van der Waals surface area contributed by atoms with Crippen molar-refractivity contribution >= 4 is 71.0 Å². The van der Waals surface area contributed by atoms with Crippen molar-refractivity contribution in [1.29, 1.82) is 0 Å². The first-order valence-corrected chi connectivity index (χ1v) is 30.1. The first-order chi connectivity index (χ1) is 31.0. The van der Waals surface area contributed by atoms with Crippen molar-refractivity contribution in [2.24, 2.45) is 0 Å². The molecule has 11 rings (SSSR count). The van der Waals surface area contributed by atoms with Crippen LogP contribution in [0.5, 0.6) is 0 Å². The Bertz CT molecular complexity index is 3380. The standard InChI is InChI=1S/C45H33N2S.C14H16GeN.Ir/c1-45(2,3)32-27-37(29-15-6-4-7-16-29)42(38(28-32)30-17-8-5-9-18-30)47-39-26-25-31-19-10-11-20-33(31)41(39)46-44(47)36-23-14-22-35-34-21-12-13-24-40(34)48-43(35)36;1-15(2,3)13-9-10-14(16-11-13)12-7-5-4-6-8-12;/h4-22,24-28H,1-3H3;4-7,9-11H,1-3H3;/q2*-1;. The van der Waals surface area contributed by atoms with E-state index >= 15 is 0 Å². The van der Waals surface area contributed by atoms with Gasteiger partial charge in [0.2, 0.25) is 0 Å². The molecule has 321 valence electrons. The van der Waals surface area contributed by atoms with E-state index in [0.29, 0.717) is 0 Å². The van der Waals surface area contributed by atoms with Gasteiger partial charge in [-0.25, -0.2) is 0 Å². The zero-order valence-corrected chi connectivity index (χ0v) is 42.8. The fourth-order valence-corrected chi connectivity index (χ4v) is 12.0. The molecule has 0 aliphatic carbocycles. The number of hydrogen-bond acceptors (Lipinski definition) is 3. The molecule has 0 fully saturated rings. The Kier molecular flexibility index (Phi) is 12.4. The van der Waals surface area contributed by atoms with E-state index in [-0.39, 0.29) is 25.5 Å². The molecule has 0 unspecified atom stereocenters. The van der Waals surface area contributed by atoms with E-state index in [1.807, 2.05) is 41.8 Å². The quantitative estimate of drug-likeness (QED) is 0.123. The van der Waals surface area contributed by atoms with Crippen molar-refractivity contribution in [1.82, 2.24) is 14.5 Å². The second kappa shape index (κ2) is 18.1. The normalized spacial score (nSPS) is 11.7. The molecular formula is C59H49GeIrN3S-2. The minimum atomic E-state index is -1.72. The molecule has 11 aromatic rings. The van der Waals surface area contributed by atoms with Gasteiger partial charge in [0.25, 0.3) is 0 Å². The van der Waals surface area contributed by atoms with Crippen LogP contribution in [-0.4, -0.2) is 27.8 Å². The number of fused-ring (bicyclic) bond motifs is 6. The van der Waals surface area contributed by atoms with Crippen LogP contribution in [0.3, 0.4) is 0 Å². The number of aromatic nitrogens is 3. The molecule has 0 N–H and O–H groups in total. The van der Waals surface area contributed by atoms with Crippen LogP contribution in [0.25, 0.3) is 92.6 Å². The Balaban J connectivity index is 0.000000266. The molecule has 8 aromatic carbocycles. The molecule has 6 heteroatoms. The van der Waals surface area contributed by atoms with Crippen LogP contribution in [0.15, 0.2) is 188 Å². The van der Waals surface area contributed by atoms with Crippen molar-refractivity contribution in [2.45, 2.75) is 43.5 Å². The maximum Gasteiger partial charge on any atom is 0 e. The molecule has 3 aromatic heterocycles. The van der Waals surface area contributed by atoms with Crippen LogP contribution in [-0.2, 0) is 25.5 Å². The number of thiophene rings is 1. The van der Waals surface area contributed by atoms with E-state index in [4.69, 9.17) is 4.98 Å². The Morgan fingerprint density at radius 2 is 1.25 bits per heavy atom. The predicted molar refractivity (Wildman–Crippen MR) is 277 cm³/mol. The zero-order chi connectivity index (χ0) is 44.0. The Hall–Kier alpha value is -5.95. The maximum atomic E-state index is 5.59. The molecule has 3 heterocycles. The molecule has 0 bridgehead atoms. The van der Waals surface area contributed by atoms with Gasteiger partial charge in [-0.15, -0.1) is 18.2 Å². The van der Waals surface area contributed by atoms with Gasteiger partial charge in [-0.05, 0) is 61.8 Å². The van der Waals surface area contributed by atoms with Gasteiger partial charge >= 0.3 is 99.8 Å². The molecular weight excluding hydrogens is 1050 g/mol. The summed E-state index contributed by atoms with van der Waals surface area (Å²) in [6, 6.07) is 71.6. The van der Waals surface area contributed by atoms with E-state index in [1.165, 1.54) is 57.8 Å². The Labute approximate surface area is 402 Å². The van der Waals surface area contributed by atoms with E-state index in [9.17, 15) is 0 Å². The summed E-state index contributed by atoms with van der Waals surface area (Å²) in [6.45, 7) is 6.90. The second-order valence-electron chi connectivity index (χ2n) is 18.5. The molecule has 0 aliphatic heterocycles. The third-order valence-electron chi connectivity index (χ3n) is 12.1. The third kappa shape index (κ3) is 8.67. The molecule has 0 amide bonds. The fourth-order valence-electron chi connectivity index (χ4n) is 8.60. The third-order valence-corrected chi connectivity index (χ3v) is 17.6. The first-order valence-electron chi connectivity index (χ1n) is 22.0. The van der Waals surface area contributed by atoms with Crippen molar-refractivity contribution in [3.05, 3.63) is 206 Å². The molecule has 0 spiro atoms. The van der Waals surface area contributed by atoms with E-state index in [1.54, 1.807) is 0 Å². The topological polar surface area (TPSA) is 30.7 Å². The van der Waals surface area contributed by atoms with Crippen LogP contribution >= 0.6 is 11.3 Å². The minimum absolute atomic E-state index is 0. The van der Waals surface area contributed by atoms with Crippen LogP contribution < -0.4 is 4.40 Å². The Morgan fingerprint density at radius 3 is 1.88 bits per heavy atom. The van der Waals surface area contributed by atoms with Crippen molar-refractivity contribution in [3.63, 3.8) is 0 Å². The summed E-state index contributed by atoms with van der Waals surface area (Å²) in [7, 11) is 0. The van der Waals surface area contributed by atoms with Gasteiger partial charge in [0, 0.05) is 41.3 Å². The molecule has 0 saturated carbocycles. The van der Waals surface area contributed by atoms with E-state index in [2.05, 4.69) is 217 Å². The van der Waals surface area contributed by atoms with Crippen molar-refractivity contribution < 1.29 is 20.1 Å². The fraction of sp³-hybridized carbons (Fsp3) is 0.119. The van der Waals surface area contributed by atoms with Gasteiger partial charge in [0.1, 0.15) is 0 Å². The van der Waals surface area contributed by atoms with Gasteiger partial charge in [-0.2, -0.15) is 11.3 Å². The van der Waals surface area contributed by atoms with Gasteiger partial charge in [0.05, 0.1) is 22.5 Å². The summed E-state index contributed by atoms with van der Waals surface area (Å²) in [6.07, 6.45) is 2.04. The summed E-state index contributed by atoms with van der Waals surface area (Å²) in [5, 5.41) is 4.83. The molecule has 0 saturated heterocycles. The van der Waals surface area contributed by atoms with Crippen LogP contribution in [0.2, 0.25) is 17.3 Å². The molecule has 0 aliphatic rings.